The van der Waals surface area contributed by atoms with Crippen LogP contribution in [0.3, 0.4) is 0 Å². The average Bonchev–Trinajstić information content (AvgIpc) is 3.26. The van der Waals surface area contributed by atoms with Gasteiger partial charge in [-0.2, -0.15) is 0 Å². The van der Waals surface area contributed by atoms with Crippen LogP contribution in [0.4, 0.5) is 0 Å². The Balaban J connectivity index is 1.50. The van der Waals surface area contributed by atoms with Gasteiger partial charge in [0.15, 0.2) is 5.65 Å². The highest BCUT2D eigenvalue weighted by Crippen LogP contribution is 2.24. The van der Waals surface area contributed by atoms with Crippen LogP contribution >= 0.6 is 11.3 Å². The van der Waals surface area contributed by atoms with Crippen LogP contribution in [0.25, 0.3) is 11.2 Å². The lowest BCUT2D eigenvalue weighted by atomic mass is 10.1. The first kappa shape index (κ1) is 16.1. The summed E-state index contributed by atoms with van der Waals surface area (Å²) in [6.07, 6.45) is 5.31. The predicted molar refractivity (Wildman–Crippen MR) is 92.4 cm³/mol. The molecular weight excluding hydrogens is 340 g/mol. The van der Waals surface area contributed by atoms with E-state index in [0.717, 1.165) is 47.2 Å². The number of aromatic nitrogens is 5. The Morgan fingerprint density at radius 3 is 2.96 bits per heavy atom. The van der Waals surface area contributed by atoms with E-state index >= 15 is 0 Å². The molecule has 3 aromatic rings. The molecule has 0 saturated carbocycles. The van der Waals surface area contributed by atoms with E-state index in [4.69, 9.17) is 4.74 Å². The number of fused-ring (bicyclic) bond motifs is 1. The molecule has 8 nitrogen and oxygen atoms in total. The fourth-order valence-corrected chi connectivity index (χ4v) is 3.59. The largest absolute Gasteiger partial charge is 0.381 e. The smallest absolute Gasteiger partial charge is 0.253 e. The summed E-state index contributed by atoms with van der Waals surface area (Å²) in [5.74, 6) is -0.192. The number of hydrogen-bond donors (Lipinski definition) is 1. The molecule has 0 spiro atoms. The molecule has 0 unspecified atom stereocenters. The summed E-state index contributed by atoms with van der Waals surface area (Å²) in [5.41, 5.74) is 2.03. The molecule has 0 atom stereocenters. The molecule has 130 valence electrons. The second-order valence-electron chi connectivity index (χ2n) is 5.96. The molecule has 25 heavy (non-hydrogen) atoms. The third kappa shape index (κ3) is 3.38. The van der Waals surface area contributed by atoms with Crippen LogP contribution in [0.15, 0.2) is 18.6 Å². The summed E-state index contributed by atoms with van der Waals surface area (Å²) < 4.78 is 7.50. The van der Waals surface area contributed by atoms with Gasteiger partial charge in [-0.1, -0.05) is 11.3 Å². The van der Waals surface area contributed by atoms with Gasteiger partial charge in [0, 0.05) is 25.5 Å². The van der Waals surface area contributed by atoms with Crippen LogP contribution in [0.1, 0.15) is 39.3 Å². The lowest BCUT2D eigenvalue weighted by Crippen LogP contribution is -2.23. The van der Waals surface area contributed by atoms with Gasteiger partial charge in [0.2, 0.25) is 0 Å². The molecule has 1 saturated heterocycles. The summed E-state index contributed by atoms with van der Waals surface area (Å²) >= 11 is 1.47. The van der Waals surface area contributed by atoms with E-state index in [1.54, 1.807) is 18.6 Å². The molecule has 0 aliphatic carbocycles. The molecule has 4 rings (SSSR count). The van der Waals surface area contributed by atoms with Gasteiger partial charge >= 0.3 is 0 Å². The fraction of sp³-hybridized carbons (Fsp3) is 0.438. The molecule has 9 heteroatoms. The van der Waals surface area contributed by atoms with E-state index in [-0.39, 0.29) is 5.91 Å². The molecule has 0 bridgehead atoms. The molecule has 1 N–H and O–H groups in total. The highest BCUT2D eigenvalue weighted by atomic mass is 32.1. The minimum absolute atomic E-state index is 0.192. The van der Waals surface area contributed by atoms with Gasteiger partial charge in [-0.25, -0.2) is 9.97 Å². The average molecular weight is 358 g/mol. The number of hydrogen-bond acceptors (Lipinski definition) is 7. The Morgan fingerprint density at radius 1 is 1.36 bits per heavy atom. The standard InChI is InChI=1S/C16H18N6O2S/c1-10-20-21-14(25-10)8-18-16(23)11-6-13-15(17-7-11)22(9-19-13)12-2-4-24-5-3-12/h6-7,9,12H,2-5,8H2,1H3,(H,18,23). The number of rotatable bonds is 4. The molecule has 0 aromatic carbocycles. The van der Waals surface area contributed by atoms with Crippen LogP contribution in [0.2, 0.25) is 0 Å². The maximum atomic E-state index is 12.3. The molecule has 1 aliphatic heterocycles. The zero-order valence-electron chi connectivity index (χ0n) is 13.8. The van der Waals surface area contributed by atoms with Gasteiger partial charge < -0.3 is 14.6 Å². The van der Waals surface area contributed by atoms with Crippen molar-refractivity contribution in [2.75, 3.05) is 13.2 Å². The minimum atomic E-state index is -0.192. The summed E-state index contributed by atoms with van der Waals surface area (Å²) in [5, 5.41) is 12.4. The number of ether oxygens (including phenoxy) is 1. The third-order valence-corrected chi connectivity index (χ3v) is 5.07. The monoisotopic (exact) mass is 358 g/mol. The fourth-order valence-electron chi connectivity index (χ4n) is 2.94. The van der Waals surface area contributed by atoms with Crippen LogP contribution in [0, 0.1) is 6.92 Å². The van der Waals surface area contributed by atoms with Crippen molar-refractivity contribution in [3.05, 3.63) is 34.2 Å². The van der Waals surface area contributed by atoms with Crippen LogP contribution in [-0.4, -0.2) is 43.9 Å². The van der Waals surface area contributed by atoms with Gasteiger partial charge in [-0.15, -0.1) is 10.2 Å². The molecule has 1 fully saturated rings. The van der Waals surface area contributed by atoms with E-state index in [0.29, 0.717) is 18.2 Å². The number of pyridine rings is 1. The van der Waals surface area contributed by atoms with Crippen molar-refractivity contribution < 1.29 is 9.53 Å². The van der Waals surface area contributed by atoms with Gasteiger partial charge in [0.05, 0.1) is 18.4 Å². The molecule has 3 aromatic heterocycles. The summed E-state index contributed by atoms with van der Waals surface area (Å²) in [6.45, 7) is 3.76. The summed E-state index contributed by atoms with van der Waals surface area (Å²) in [7, 11) is 0. The lowest BCUT2D eigenvalue weighted by molar-refractivity contribution is 0.0704. The number of carbonyl (C=O) groups is 1. The minimum Gasteiger partial charge on any atom is -0.381 e. The summed E-state index contributed by atoms with van der Waals surface area (Å²) in [4.78, 5) is 21.2. The number of imidazole rings is 1. The van der Waals surface area contributed by atoms with Gasteiger partial charge in [0.1, 0.15) is 15.5 Å². The third-order valence-electron chi connectivity index (χ3n) is 4.23. The highest BCUT2D eigenvalue weighted by molar-refractivity contribution is 7.11. The second-order valence-corrected chi connectivity index (χ2v) is 7.23. The normalized spacial score (nSPS) is 15.6. The van der Waals surface area contributed by atoms with Crippen molar-refractivity contribution in [2.45, 2.75) is 32.4 Å². The van der Waals surface area contributed by atoms with Crippen molar-refractivity contribution >= 4 is 28.4 Å². The zero-order valence-corrected chi connectivity index (χ0v) is 14.6. The van der Waals surface area contributed by atoms with Gasteiger partial charge in [-0.3, -0.25) is 4.79 Å². The maximum Gasteiger partial charge on any atom is 0.253 e. The SMILES string of the molecule is Cc1nnc(CNC(=O)c2cnc3c(c2)ncn3C2CCOCC2)s1. The zero-order chi connectivity index (χ0) is 17.2. The lowest BCUT2D eigenvalue weighted by Gasteiger charge is -2.23. The van der Waals surface area contributed by atoms with Crippen molar-refractivity contribution in [3.8, 4) is 0 Å². The number of nitrogens with zero attached hydrogens (tertiary/aromatic N) is 5. The molecular formula is C16H18N6O2S. The molecule has 1 amide bonds. The van der Waals surface area contributed by atoms with Crippen molar-refractivity contribution in [2.24, 2.45) is 0 Å². The Hall–Kier alpha value is -2.39. The first-order chi connectivity index (χ1) is 12.2. The van der Waals surface area contributed by atoms with E-state index < -0.39 is 0 Å². The van der Waals surface area contributed by atoms with E-state index in [1.165, 1.54) is 11.3 Å². The topological polar surface area (TPSA) is 94.8 Å². The molecule has 0 radical (unpaired) electrons. The van der Waals surface area contributed by atoms with E-state index in [2.05, 4.69) is 30.0 Å². The predicted octanol–water partition coefficient (Wildman–Crippen LogP) is 1.87. The number of nitrogens with one attached hydrogen (secondary N) is 1. The van der Waals surface area contributed by atoms with Crippen LogP contribution < -0.4 is 5.32 Å². The first-order valence-corrected chi connectivity index (χ1v) is 9.00. The number of carbonyl (C=O) groups excluding carboxylic acids is 1. The quantitative estimate of drug-likeness (QED) is 0.765. The van der Waals surface area contributed by atoms with E-state index in [1.807, 2.05) is 6.92 Å². The maximum absolute atomic E-state index is 12.3. The van der Waals surface area contributed by atoms with E-state index in [9.17, 15) is 4.79 Å². The first-order valence-electron chi connectivity index (χ1n) is 8.18. The molecule has 1 aliphatic rings. The van der Waals surface area contributed by atoms with Crippen LogP contribution in [0.5, 0.6) is 0 Å². The number of aryl methyl sites for hydroxylation is 1. The highest BCUT2D eigenvalue weighted by Gasteiger charge is 2.19. The van der Waals surface area contributed by atoms with Crippen LogP contribution in [-0.2, 0) is 11.3 Å². The molecule has 4 heterocycles. The van der Waals surface area contributed by atoms with Gasteiger partial charge in [-0.05, 0) is 25.8 Å². The Morgan fingerprint density at radius 2 is 2.20 bits per heavy atom. The summed E-state index contributed by atoms with van der Waals surface area (Å²) in [6, 6.07) is 2.13. The number of amides is 1. The van der Waals surface area contributed by atoms with Gasteiger partial charge in [0.25, 0.3) is 5.91 Å². The van der Waals surface area contributed by atoms with Crippen molar-refractivity contribution in [1.82, 2.24) is 30.0 Å². The second kappa shape index (κ2) is 6.85. The Kier molecular flexibility index (Phi) is 4.41. The van der Waals surface area contributed by atoms with Crippen molar-refractivity contribution in [3.63, 3.8) is 0 Å². The van der Waals surface area contributed by atoms with Crippen molar-refractivity contribution in [1.29, 1.82) is 0 Å². The Bertz CT molecular complexity index is 899. The Labute approximate surface area is 148 Å².